The highest BCUT2D eigenvalue weighted by Crippen LogP contribution is 2.28. The molecule has 0 saturated carbocycles. The van der Waals surface area contributed by atoms with Crippen molar-refractivity contribution in [1.82, 2.24) is 10.3 Å². The van der Waals surface area contributed by atoms with Crippen molar-refractivity contribution >= 4 is 27.5 Å². The van der Waals surface area contributed by atoms with Crippen molar-refractivity contribution in [2.75, 3.05) is 0 Å². The van der Waals surface area contributed by atoms with Crippen molar-refractivity contribution in [3.05, 3.63) is 89.5 Å². The van der Waals surface area contributed by atoms with Gasteiger partial charge in [0.05, 0.1) is 0 Å². The van der Waals surface area contributed by atoms with Gasteiger partial charge >= 0.3 is 0 Å². The standard InChI is InChI=1S/C22H19F2N3/c1-13(16-5-2-14(11-25)3-6-16)26-12-15-4-7-17-18-9-19(23)20(24)10-22(18)27-21(17)8-15/h2-10,26-27H,1,11-12,25H2. The summed E-state index contributed by atoms with van der Waals surface area (Å²) in [4.78, 5) is 3.15. The predicted octanol–water partition coefficient (Wildman–Crippen LogP) is 4.82. The van der Waals surface area contributed by atoms with Gasteiger partial charge in [0.2, 0.25) is 0 Å². The van der Waals surface area contributed by atoms with Gasteiger partial charge in [-0.2, -0.15) is 0 Å². The molecule has 0 aliphatic carbocycles. The van der Waals surface area contributed by atoms with Crippen LogP contribution in [0, 0.1) is 11.6 Å². The molecule has 0 radical (unpaired) electrons. The highest BCUT2D eigenvalue weighted by atomic mass is 19.2. The largest absolute Gasteiger partial charge is 0.381 e. The van der Waals surface area contributed by atoms with Crippen molar-refractivity contribution in [3.63, 3.8) is 0 Å². The zero-order valence-electron chi connectivity index (χ0n) is 14.7. The van der Waals surface area contributed by atoms with Crippen LogP contribution in [0.2, 0.25) is 0 Å². The molecular weight excluding hydrogens is 344 g/mol. The molecule has 136 valence electrons. The molecule has 0 bridgehead atoms. The average molecular weight is 363 g/mol. The number of benzene rings is 3. The molecule has 0 atom stereocenters. The Hall–Kier alpha value is -3.18. The highest BCUT2D eigenvalue weighted by molar-refractivity contribution is 6.07. The number of nitrogens with two attached hydrogens (primary N) is 1. The fourth-order valence-corrected chi connectivity index (χ4v) is 3.21. The molecule has 3 aromatic carbocycles. The number of hydrogen-bond acceptors (Lipinski definition) is 2. The minimum atomic E-state index is -0.854. The summed E-state index contributed by atoms with van der Waals surface area (Å²) in [5, 5.41) is 4.85. The Labute approximate surface area is 155 Å². The number of H-pyrrole nitrogens is 1. The summed E-state index contributed by atoms with van der Waals surface area (Å²) in [7, 11) is 0. The molecule has 27 heavy (non-hydrogen) atoms. The molecule has 0 fully saturated rings. The lowest BCUT2D eigenvalue weighted by molar-refractivity contribution is 0.511. The third-order valence-electron chi connectivity index (χ3n) is 4.75. The van der Waals surface area contributed by atoms with E-state index in [9.17, 15) is 8.78 Å². The lowest BCUT2D eigenvalue weighted by atomic mass is 10.1. The molecule has 0 amide bonds. The summed E-state index contributed by atoms with van der Waals surface area (Å²) in [5.41, 5.74) is 11.0. The van der Waals surface area contributed by atoms with Crippen molar-refractivity contribution < 1.29 is 8.78 Å². The molecule has 4 aromatic rings. The van der Waals surface area contributed by atoms with Crippen molar-refractivity contribution in [2.45, 2.75) is 13.1 Å². The van der Waals surface area contributed by atoms with Crippen molar-refractivity contribution in [3.8, 4) is 0 Å². The quantitative estimate of drug-likeness (QED) is 0.476. The molecule has 1 heterocycles. The lowest BCUT2D eigenvalue weighted by Gasteiger charge is -2.10. The second-order valence-corrected chi connectivity index (χ2v) is 6.55. The summed E-state index contributed by atoms with van der Waals surface area (Å²) in [6.07, 6.45) is 0. The van der Waals surface area contributed by atoms with Crippen molar-refractivity contribution in [1.29, 1.82) is 0 Å². The maximum atomic E-state index is 13.5. The molecule has 4 N–H and O–H groups in total. The molecule has 0 saturated heterocycles. The van der Waals surface area contributed by atoms with Gasteiger partial charge in [-0.15, -0.1) is 0 Å². The number of halogens is 2. The van der Waals surface area contributed by atoms with Crippen LogP contribution in [0.4, 0.5) is 8.78 Å². The molecule has 4 rings (SSSR count). The molecule has 0 aliphatic rings. The zero-order chi connectivity index (χ0) is 19.0. The van der Waals surface area contributed by atoms with Gasteiger partial charge < -0.3 is 16.0 Å². The Morgan fingerprint density at radius 2 is 1.56 bits per heavy atom. The monoisotopic (exact) mass is 363 g/mol. The number of aromatic amines is 1. The van der Waals surface area contributed by atoms with E-state index in [-0.39, 0.29) is 0 Å². The maximum Gasteiger partial charge on any atom is 0.160 e. The van der Waals surface area contributed by atoms with E-state index < -0.39 is 11.6 Å². The third-order valence-corrected chi connectivity index (χ3v) is 4.75. The SMILES string of the molecule is C=C(NCc1ccc2c(c1)[nH]c1cc(F)c(F)cc12)c1ccc(CN)cc1. The van der Waals surface area contributed by atoms with Gasteiger partial charge in [-0.05, 0) is 28.8 Å². The van der Waals surface area contributed by atoms with E-state index in [4.69, 9.17) is 5.73 Å². The Balaban J connectivity index is 1.55. The van der Waals surface area contributed by atoms with Crippen LogP contribution in [0.15, 0.2) is 61.2 Å². The minimum absolute atomic E-state index is 0.512. The topological polar surface area (TPSA) is 53.8 Å². The predicted molar refractivity (Wildman–Crippen MR) is 106 cm³/mol. The first-order chi connectivity index (χ1) is 13.0. The highest BCUT2D eigenvalue weighted by Gasteiger charge is 2.10. The number of nitrogens with one attached hydrogen (secondary N) is 2. The van der Waals surface area contributed by atoms with Crippen LogP contribution in [0.5, 0.6) is 0 Å². The second kappa shape index (κ2) is 6.85. The first kappa shape index (κ1) is 17.2. The normalized spacial score (nSPS) is 11.2. The summed E-state index contributed by atoms with van der Waals surface area (Å²) in [6, 6.07) is 16.2. The van der Waals surface area contributed by atoms with Crippen LogP contribution < -0.4 is 11.1 Å². The number of aromatic nitrogens is 1. The molecule has 0 unspecified atom stereocenters. The number of rotatable bonds is 5. The molecule has 1 aromatic heterocycles. The molecule has 0 spiro atoms. The van der Waals surface area contributed by atoms with E-state index in [0.717, 1.165) is 33.3 Å². The number of hydrogen-bond donors (Lipinski definition) is 3. The van der Waals surface area contributed by atoms with Gasteiger partial charge in [0.1, 0.15) is 0 Å². The zero-order valence-corrected chi connectivity index (χ0v) is 14.7. The van der Waals surface area contributed by atoms with E-state index in [1.807, 2.05) is 42.5 Å². The second-order valence-electron chi connectivity index (χ2n) is 6.55. The summed E-state index contributed by atoms with van der Waals surface area (Å²) >= 11 is 0. The molecular formula is C22H19F2N3. The third kappa shape index (κ3) is 3.29. The maximum absolute atomic E-state index is 13.5. The molecule has 3 nitrogen and oxygen atoms in total. The molecule has 0 aliphatic heterocycles. The first-order valence-corrected chi connectivity index (χ1v) is 8.66. The number of fused-ring (bicyclic) bond motifs is 3. The van der Waals surface area contributed by atoms with Gasteiger partial charge in [0, 0.05) is 46.7 Å². The van der Waals surface area contributed by atoms with E-state index in [2.05, 4.69) is 16.9 Å². The molecule has 5 heteroatoms. The van der Waals surface area contributed by atoms with Gasteiger partial charge in [-0.1, -0.05) is 43.0 Å². The lowest BCUT2D eigenvalue weighted by Crippen LogP contribution is -2.11. The van der Waals surface area contributed by atoms with Crippen LogP contribution in [-0.2, 0) is 13.1 Å². The van der Waals surface area contributed by atoms with Crippen LogP contribution >= 0.6 is 0 Å². The smallest absolute Gasteiger partial charge is 0.160 e. The summed E-state index contributed by atoms with van der Waals surface area (Å²) in [6.45, 7) is 5.18. The first-order valence-electron chi connectivity index (χ1n) is 8.66. The van der Waals surface area contributed by atoms with Gasteiger partial charge in [0.15, 0.2) is 11.6 Å². The van der Waals surface area contributed by atoms with Crippen LogP contribution in [0.3, 0.4) is 0 Å². The Morgan fingerprint density at radius 1 is 0.889 bits per heavy atom. The van der Waals surface area contributed by atoms with Crippen molar-refractivity contribution in [2.24, 2.45) is 5.73 Å². The Bertz CT molecular complexity index is 1140. The minimum Gasteiger partial charge on any atom is -0.381 e. The van der Waals surface area contributed by atoms with Crippen LogP contribution in [0.25, 0.3) is 27.5 Å². The Kier molecular flexibility index (Phi) is 4.38. The fraction of sp³-hybridized carbons (Fsp3) is 0.0909. The van der Waals surface area contributed by atoms with E-state index in [0.29, 0.717) is 24.0 Å². The van der Waals surface area contributed by atoms with E-state index >= 15 is 0 Å². The average Bonchev–Trinajstić information content (AvgIpc) is 3.03. The Morgan fingerprint density at radius 3 is 2.30 bits per heavy atom. The summed E-state index contributed by atoms with van der Waals surface area (Å²) in [5.74, 6) is -1.70. The van der Waals surface area contributed by atoms with Gasteiger partial charge in [0.25, 0.3) is 0 Å². The van der Waals surface area contributed by atoms with Crippen LogP contribution in [-0.4, -0.2) is 4.98 Å². The van der Waals surface area contributed by atoms with Crippen LogP contribution in [0.1, 0.15) is 16.7 Å². The van der Waals surface area contributed by atoms with E-state index in [1.165, 1.54) is 12.1 Å². The van der Waals surface area contributed by atoms with E-state index in [1.54, 1.807) is 0 Å². The van der Waals surface area contributed by atoms with Gasteiger partial charge in [-0.25, -0.2) is 8.78 Å². The summed E-state index contributed by atoms with van der Waals surface area (Å²) < 4.78 is 27.0. The van der Waals surface area contributed by atoms with Gasteiger partial charge in [-0.3, -0.25) is 0 Å². The fourth-order valence-electron chi connectivity index (χ4n) is 3.21.